The molecule has 136 valence electrons. The lowest BCUT2D eigenvalue weighted by Gasteiger charge is -2.32. The molecule has 0 spiro atoms. The molecule has 0 aromatic heterocycles. The monoisotopic (exact) mass is 344 g/mol. The van der Waals surface area contributed by atoms with Gasteiger partial charge < -0.3 is 18.8 Å². The maximum atomic E-state index is 6.19. The van der Waals surface area contributed by atoms with E-state index in [4.69, 9.17) is 18.8 Å². The van der Waals surface area contributed by atoms with Crippen LogP contribution in [0.2, 0.25) is 0 Å². The highest BCUT2D eigenvalue weighted by atomic mass is 16.7. The molecule has 2 heterocycles. The summed E-state index contributed by atoms with van der Waals surface area (Å²) in [6.07, 6.45) is 3.91. The Morgan fingerprint density at radius 3 is 2.44 bits per heavy atom. The summed E-state index contributed by atoms with van der Waals surface area (Å²) in [4.78, 5) is 0. The molecule has 0 radical (unpaired) electrons. The molecule has 1 aromatic carbocycles. The molecular weight excluding hydrogens is 315 g/mol. The predicted octanol–water partition coefficient (Wildman–Crippen LogP) is 3.94. The summed E-state index contributed by atoms with van der Waals surface area (Å²) in [5.74, 6) is 0. The summed E-state index contributed by atoms with van der Waals surface area (Å²) in [6.45, 7) is 10.2. The second kappa shape index (κ2) is 7.62. The van der Waals surface area contributed by atoms with Gasteiger partial charge in [0.25, 0.3) is 0 Å². The van der Waals surface area contributed by atoms with E-state index in [0.29, 0.717) is 19.8 Å². The Balaban J connectivity index is 1.55. The molecule has 0 amide bonds. The number of benzene rings is 1. The van der Waals surface area contributed by atoms with Gasteiger partial charge in [0.15, 0.2) is 0 Å². The summed E-state index contributed by atoms with van der Waals surface area (Å²) >= 11 is 0. The third-order valence-corrected chi connectivity index (χ3v) is 5.31. The summed E-state index contributed by atoms with van der Waals surface area (Å²) < 4.78 is 24.2. The zero-order valence-corrected chi connectivity index (χ0v) is 15.8. The highest BCUT2D eigenvalue weighted by molar-refractivity contribution is 6.54. The van der Waals surface area contributed by atoms with Crippen molar-refractivity contribution in [2.75, 3.05) is 13.2 Å². The molecule has 5 heteroatoms. The normalized spacial score (nSPS) is 25.5. The first-order valence-corrected chi connectivity index (χ1v) is 9.15. The van der Waals surface area contributed by atoms with Crippen molar-refractivity contribution in [1.29, 1.82) is 0 Å². The predicted molar refractivity (Wildman–Crippen MR) is 99.2 cm³/mol. The van der Waals surface area contributed by atoms with Crippen molar-refractivity contribution in [2.45, 2.75) is 64.4 Å². The summed E-state index contributed by atoms with van der Waals surface area (Å²) in [7, 11) is -0.289. The fraction of sp³-hybridized carbons (Fsp3) is 0.600. The Bertz CT molecular complexity index is 581. The zero-order valence-electron chi connectivity index (χ0n) is 15.8. The second-order valence-electron chi connectivity index (χ2n) is 7.85. The number of hydrogen-bond acceptors (Lipinski definition) is 4. The number of rotatable bonds is 5. The molecule has 0 aliphatic carbocycles. The first kappa shape index (κ1) is 18.6. The van der Waals surface area contributed by atoms with E-state index in [9.17, 15) is 0 Å². The van der Waals surface area contributed by atoms with Gasteiger partial charge in [-0.3, -0.25) is 0 Å². The number of ether oxygens (including phenoxy) is 2. The van der Waals surface area contributed by atoms with Crippen LogP contribution in [0.25, 0.3) is 0 Å². The molecule has 4 nitrogen and oxygen atoms in total. The van der Waals surface area contributed by atoms with Gasteiger partial charge in [-0.15, -0.1) is 0 Å². The SMILES string of the molecule is CC1(C)OB(C2=CCCOC(COCc3ccccc3)C2)OC1(C)C. The van der Waals surface area contributed by atoms with Crippen LogP contribution in [0.15, 0.2) is 41.9 Å². The van der Waals surface area contributed by atoms with Crippen molar-refractivity contribution in [2.24, 2.45) is 0 Å². The van der Waals surface area contributed by atoms with Crippen LogP contribution < -0.4 is 0 Å². The molecule has 2 aliphatic rings. The first-order chi connectivity index (χ1) is 11.9. The fourth-order valence-corrected chi connectivity index (χ4v) is 3.06. The van der Waals surface area contributed by atoms with Crippen molar-refractivity contribution in [3.05, 3.63) is 47.4 Å². The largest absolute Gasteiger partial charge is 0.490 e. The van der Waals surface area contributed by atoms with Gasteiger partial charge in [0.05, 0.1) is 37.1 Å². The third-order valence-electron chi connectivity index (χ3n) is 5.31. The van der Waals surface area contributed by atoms with E-state index in [2.05, 4.69) is 45.9 Å². The average Bonchev–Trinajstić information content (AvgIpc) is 2.72. The van der Waals surface area contributed by atoms with Gasteiger partial charge in [-0.1, -0.05) is 36.4 Å². The van der Waals surface area contributed by atoms with Gasteiger partial charge in [0, 0.05) is 0 Å². The smallest absolute Gasteiger partial charge is 0.400 e. The standard InChI is InChI=1S/C20H29BO4/c1-19(2)20(3,4)25-21(24-19)17-11-8-12-23-18(13-17)15-22-14-16-9-6-5-7-10-16/h5-7,9-11,18H,8,12-15H2,1-4H3. The minimum atomic E-state index is -0.315. The second-order valence-corrected chi connectivity index (χ2v) is 7.85. The molecule has 0 saturated carbocycles. The van der Waals surface area contributed by atoms with Crippen LogP contribution >= 0.6 is 0 Å². The number of hydrogen-bond donors (Lipinski definition) is 0. The third kappa shape index (κ3) is 4.53. The molecule has 3 rings (SSSR count). The Morgan fingerprint density at radius 1 is 1.08 bits per heavy atom. The molecule has 1 saturated heterocycles. The molecule has 1 aromatic rings. The Hall–Kier alpha value is -1.14. The lowest BCUT2D eigenvalue weighted by atomic mass is 9.75. The van der Waals surface area contributed by atoms with Gasteiger partial charge in [-0.05, 0) is 51.6 Å². The summed E-state index contributed by atoms with van der Waals surface area (Å²) in [6, 6.07) is 10.2. The van der Waals surface area contributed by atoms with E-state index in [1.807, 2.05) is 18.2 Å². The Kier molecular flexibility index (Phi) is 5.69. The summed E-state index contributed by atoms with van der Waals surface area (Å²) in [5.41, 5.74) is 1.72. The molecule has 2 aliphatic heterocycles. The average molecular weight is 344 g/mol. The van der Waals surface area contributed by atoms with E-state index in [1.165, 1.54) is 11.0 Å². The van der Waals surface area contributed by atoms with Crippen molar-refractivity contribution in [1.82, 2.24) is 0 Å². The van der Waals surface area contributed by atoms with Gasteiger partial charge in [0.1, 0.15) is 0 Å². The van der Waals surface area contributed by atoms with E-state index in [0.717, 1.165) is 12.8 Å². The van der Waals surface area contributed by atoms with Crippen molar-refractivity contribution in [3.63, 3.8) is 0 Å². The van der Waals surface area contributed by atoms with Gasteiger partial charge in [0.2, 0.25) is 0 Å². The minimum Gasteiger partial charge on any atom is -0.400 e. The van der Waals surface area contributed by atoms with Crippen molar-refractivity contribution >= 4 is 7.12 Å². The topological polar surface area (TPSA) is 36.9 Å². The van der Waals surface area contributed by atoms with Crippen LogP contribution in [0.1, 0.15) is 46.1 Å². The molecule has 25 heavy (non-hydrogen) atoms. The van der Waals surface area contributed by atoms with Crippen molar-refractivity contribution in [3.8, 4) is 0 Å². The van der Waals surface area contributed by atoms with Crippen LogP contribution in [-0.4, -0.2) is 37.6 Å². The highest BCUT2D eigenvalue weighted by Crippen LogP contribution is 2.39. The lowest BCUT2D eigenvalue weighted by molar-refractivity contribution is -0.0167. The van der Waals surface area contributed by atoms with Gasteiger partial charge >= 0.3 is 7.12 Å². The maximum absolute atomic E-state index is 6.19. The molecule has 0 N–H and O–H groups in total. The van der Waals surface area contributed by atoms with E-state index < -0.39 is 0 Å². The van der Waals surface area contributed by atoms with Crippen LogP contribution in [0.5, 0.6) is 0 Å². The zero-order chi connectivity index (χ0) is 17.9. The van der Waals surface area contributed by atoms with Gasteiger partial charge in [-0.2, -0.15) is 0 Å². The van der Waals surface area contributed by atoms with E-state index in [-0.39, 0.29) is 24.4 Å². The lowest BCUT2D eigenvalue weighted by Crippen LogP contribution is -2.41. The maximum Gasteiger partial charge on any atom is 0.490 e. The molecule has 0 bridgehead atoms. The van der Waals surface area contributed by atoms with E-state index in [1.54, 1.807) is 0 Å². The van der Waals surface area contributed by atoms with Crippen LogP contribution in [0.3, 0.4) is 0 Å². The van der Waals surface area contributed by atoms with Crippen LogP contribution in [-0.2, 0) is 25.4 Å². The quantitative estimate of drug-likeness (QED) is 0.758. The molecular formula is C20H29BO4. The van der Waals surface area contributed by atoms with Gasteiger partial charge in [-0.25, -0.2) is 0 Å². The van der Waals surface area contributed by atoms with Crippen LogP contribution in [0.4, 0.5) is 0 Å². The Labute approximate surface area is 151 Å². The van der Waals surface area contributed by atoms with Crippen LogP contribution in [0, 0.1) is 0 Å². The fourth-order valence-electron chi connectivity index (χ4n) is 3.06. The minimum absolute atomic E-state index is 0.0384. The Morgan fingerprint density at radius 2 is 1.76 bits per heavy atom. The molecule has 1 fully saturated rings. The van der Waals surface area contributed by atoms with E-state index >= 15 is 0 Å². The summed E-state index contributed by atoms with van der Waals surface area (Å²) in [5, 5.41) is 0. The highest BCUT2D eigenvalue weighted by Gasteiger charge is 2.52. The molecule has 1 unspecified atom stereocenters. The molecule has 1 atom stereocenters. The van der Waals surface area contributed by atoms with Crippen molar-refractivity contribution < 1.29 is 18.8 Å². The first-order valence-electron chi connectivity index (χ1n) is 9.15.